The van der Waals surface area contributed by atoms with Gasteiger partial charge in [-0.25, -0.2) is 0 Å². The Balaban J connectivity index is 0.00000231. The van der Waals surface area contributed by atoms with E-state index in [0.29, 0.717) is 24.3 Å². The van der Waals surface area contributed by atoms with E-state index in [-0.39, 0.29) is 42.0 Å². The first kappa shape index (κ1) is 22.1. The molecule has 164 valence electrons. The fourth-order valence-electron chi connectivity index (χ4n) is 5.14. The summed E-state index contributed by atoms with van der Waals surface area (Å²) in [5, 5.41) is 0. The number of hydrogen-bond acceptors (Lipinski definition) is 5. The van der Waals surface area contributed by atoms with Crippen LogP contribution >= 0.6 is 28.3 Å². The highest BCUT2D eigenvalue weighted by Gasteiger charge is 2.45. The van der Waals surface area contributed by atoms with E-state index in [9.17, 15) is 9.59 Å². The van der Waals surface area contributed by atoms with Crippen LogP contribution in [-0.2, 0) is 0 Å². The Bertz CT molecular complexity index is 1010. The van der Waals surface area contributed by atoms with Gasteiger partial charge in [0.25, 0.3) is 11.8 Å². The average molecular weight is 508 g/mol. The van der Waals surface area contributed by atoms with Crippen LogP contribution in [0.1, 0.15) is 32.2 Å². The minimum atomic E-state index is -0.193. The van der Waals surface area contributed by atoms with Gasteiger partial charge in [0.1, 0.15) is 11.5 Å². The maximum absolute atomic E-state index is 12.9. The van der Waals surface area contributed by atoms with Gasteiger partial charge in [0.2, 0.25) is 0 Å². The van der Waals surface area contributed by atoms with E-state index in [1.807, 2.05) is 6.07 Å². The molecular formula is C23H24BrClN2O4. The summed E-state index contributed by atoms with van der Waals surface area (Å²) in [5.41, 5.74) is 2.13. The second-order valence-corrected chi connectivity index (χ2v) is 9.21. The molecular weight excluding hydrogens is 484 g/mol. The number of carbonyl (C=O) groups excluding carboxylic acids is 2. The summed E-state index contributed by atoms with van der Waals surface area (Å²) in [6, 6.07) is 11.0. The van der Waals surface area contributed by atoms with Crippen LogP contribution in [0.2, 0.25) is 0 Å². The molecule has 2 amide bonds. The van der Waals surface area contributed by atoms with Gasteiger partial charge in [-0.1, -0.05) is 12.1 Å². The van der Waals surface area contributed by atoms with Crippen molar-refractivity contribution >= 4 is 40.2 Å². The van der Waals surface area contributed by atoms with Crippen molar-refractivity contribution in [3.63, 3.8) is 0 Å². The predicted octanol–water partition coefficient (Wildman–Crippen LogP) is 3.83. The van der Waals surface area contributed by atoms with Gasteiger partial charge in [-0.3, -0.25) is 14.5 Å². The maximum atomic E-state index is 12.9. The number of nitrogens with zero attached hydrogens (tertiary/aromatic N) is 2. The number of likely N-dealkylation sites (tertiary alicyclic amines) is 1. The fourth-order valence-corrected chi connectivity index (χ4v) is 5.71. The third-order valence-corrected chi connectivity index (χ3v) is 7.16. The lowest BCUT2D eigenvalue weighted by molar-refractivity contribution is 0.0337. The van der Waals surface area contributed by atoms with Gasteiger partial charge in [0, 0.05) is 37.0 Å². The van der Waals surface area contributed by atoms with E-state index in [4.69, 9.17) is 9.47 Å². The van der Waals surface area contributed by atoms with Crippen molar-refractivity contribution in [3.8, 4) is 11.5 Å². The van der Waals surface area contributed by atoms with E-state index in [1.165, 1.54) is 4.90 Å². The first-order valence-corrected chi connectivity index (χ1v) is 10.9. The summed E-state index contributed by atoms with van der Waals surface area (Å²) in [6.45, 7) is 2.70. The number of fused-ring (bicyclic) bond motifs is 4. The molecule has 3 aliphatic rings. The molecule has 1 fully saturated rings. The molecule has 5 rings (SSSR count). The number of likely N-dealkylation sites (N-methyl/N-ethyl adjacent to an activating group) is 1. The summed E-state index contributed by atoms with van der Waals surface area (Å²) in [6.07, 6.45) is 0. The lowest BCUT2D eigenvalue weighted by Crippen LogP contribution is -2.51. The Morgan fingerprint density at radius 3 is 2.45 bits per heavy atom. The molecule has 2 aromatic rings. The normalized spacial score (nSPS) is 24.6. The molecule has 0 spiro atoms. The number of carbonyl (C=O) groups is 2. The number of ether oxygens (including phenoxy) is 2. The van der Waals surface area contributed by atoms with Crippen molar-refractivity contribution in [2.45, 2.75) is 5.92 Å². The average Bonchev–Trinajstić information content (AvgIpc) is 2.98. The smallest absolute Gasteiger partial charge is 0.261 e. The predicted molar refractivity (Wildman–Crippen MR) is 122 cm³/mol. The Morgan fingerprint density at radius 2 is 1.81 bits per heavy atom. The third kappa shape index (κ3) is 3.62. The van der Waals surface area contributed by atoms with Gasteiger partial charge in [0.05, 0.1) is 29.3 Å². The standard InChI is InChI=1S/C23H23BrN2O4.ClH/c1-25-9-13(10-26-22(27)15-5-3-4-6-16(15)23(26)28)19-12-30-21-17(18(19)11-25)7-14(29-2)8-20(21)24;/h3-8,13,18-19H,9-12H2,1-2H3;1H/t13-,18+,19-;/m1./s1. The van der Waals surface area contributed by atoms with Gasteiger partial charge >= 0.3 is 0 Å². The van der Waals surface area contributed by atoms with E-state index >= 15 is 0 Å². The van der Waals surface area contributed by atoms with Gasteiger partial charge < -0.3 is 14.4 Å². The van der Waals surface area contributed by atoms with Crippen LogP contribution in [0, 0.1) is 11.8 Å². The zero-order valence-electron chi connectivity index (χ0n) is 17.3. The Labute approximate surface area is 196 Å². The van der Waals surface area contributed by atoms with Crippen LogP contribution in [0.5, 0.6) is 11.5 Å². The molecule has 0 radical (unpaired) electrons. The van der Waals surface area contributed by atoms with Crippen LogP contribution in [-0.4, -0.2) is 62.0 Å². The number of rotatable bonds is 3. The Kier molecular flexibility index (Phi) is 6.03. The number of hydrogen-bond donors (Lipinski definition) is 0. The molecule has 6 nitrogen and oxygen atoms in total. The molecule has 0 unspecified atom stereocenters. The highest BCUT2D eigenvalue weighted by atomic mass is 79.9. The number of imide groups is 1. The molecule has 1 saturated heterocycles. The molecule has 3 heterocycles. The number of halogens is 2. The second kappa shape index (κ2) is 8.45. The monoisotopic (exact) mass is 506 g/mol. The van der Waals surface area contributed by atoms with E-state index < -0.39 is 0 Å². The highest BCUT2D eigenvalue weighted by Crippen LogP contribution is 2.48. The summed E-state index contributed by atoms with van der Waals surface area (Å²) in [4.78, 5) is 29.5. The Morgan fingerprint density at radius 1 is 1.13 bits per heavy atom. The molecule has 8 heteroatoms. The summed E-state index contributed by atoms with van der Waals surface area (Å²) in [7, 11) is 3.75. The molecule has 2 aromatic carbocycles. The van der Waals surface area contributed by atoms with Crippen molar-refractivity contribution in [1.29, 1.82) is 0 Å². The minimum Gasteiger partial charge on any atom is -0.497 e. The van der Waals surface area contributed by atoms with E-state index in [0.717, 1.165) is 34.6 Å². The molecule has 31 heavy (non-hydrogen) atoms. The molecule has 3 aliphatic heterocycles. The Hall–Kier alpha value is -2.09. The van der Waals surface area contributed by atoms with Gasteiger partial charge in [0.15, 0.2) is 0 Å². The number of piperidine rings is 1. The summed E-state index contributed by atoms with van der Waals surface area (Å²) >= 11 is 3.61. The number of benzene rings is 2. The quantitative estimate of drug-likeness (QED) is 0.591. The summed E-state index contributed by atoms with van der Waals surface area (Å²) < 4.78 is 12.5. The van der Waals surface area contributed by atoms with E-state index in [2.05, 4.69) is 33.9 Å². The van der Waals surface area contributed by atoms with Crippen molar-refractivity contribution < 1.29 is 19.1 Å². The zero-order valence-corrected chi connectivity index (χ0v) is 19.7. The van der Waals surface area contributed by atoms with Gasteiger partial charge in [-0.05, 0) is 53.2 Å². The van der Waals surface area contributed by atoms with Crippen LogP contribution in [0.4, 0.5) is 0 Å². The van der Waals surface area contributed by atoms with Crippen molar-refractivity contribution in [2.24, 2.45) is 11.8 Å². The third-order valence-electron chi connectivity index (χ3n) is 6.57. The maximum Gasteiger partial charge on any atom is 0.261 e. The SMILES string of the molecule is COc1cc(Br)c2c(c1)[C@@H]1CN(C)C[C@H](CN3C(=O)c4ccccc4C3=O)[C@H]1CO2.Cl. The van der Waals surface area contributed by atoms with Crippen LogP contribution in [0.15, 0.2) is 40.9 Å². The van der Waals surface area contributed by atoms with Crippen molar-refractivity contribution in [1.82, 2.24) is 9.80 Å². The fraction of sp³-hybridized carbons (Fsp3) is 0.391. The molecule has 0 aliphatic carbocycles. The molecule has 0 bridgehead atoms. The highest BCUT2D eigenvalue weighted by molar-refractivity contribution is 9.10. The van der Waals surface area contributed by atoms with Crippen LogP contribution < -0.4 is 9.47 Å². The van der Waals surface area contributed by atoms with Crippen LogP contribution in [0.25, 0.3) is 0 Å². The van der Waals surface area contributed by atoms with Crippen molar-refractivity contribution in [3.05, 3.63) is 57.6 Å². The molecule has 0 saturated carbocycles. The first-order chi connectivity index (χ1) is 14.5. The number of methoxy groups -OCH3 is 1. The molecule has 3 atom stereocenters. The van der Waals surface area contributed by atoms with Gasteiger partial charge in [-0.2, -0.15) is 0 Å². The lowest BCUT2D eigenvalue weighted by atomic mass is 9.73. The summed E-state index contributed by atoms with van der Waals surface area (Å²) in [5.74, 6) is 1.87. The minimum absolute atomic E-state index is 0. The van der Waals surface area contributed by atoms with Crippen molar-refractivity contribution in [2.75, 3.05) is 40.4 Å². The lowest BCUT2D eigenvalue weighted by Gasteiger charge is -2.46. The first-order valence-electron chi connectivity index (χ1n) is 10.1. The second-order valence-electron chi connectivity index (χ2n) is 8.36. The number of amides is 2. The molecule has 0 aromatic heterocycles. The molecule has 0 N–H and O–H groups in total. The van der Waals surface area contributed by atoms with E-state index in [1.54, 1.807) is 31.4 Å². The van der Waals surface area contributed by atoms with Gasteiger partial charge in [-0.15, -0.1) is 12.4 Å². The van der Waals surface area contributed by atoms with Crippen LogP contribution in [0.3, 0.4) is 0 Å². The topological polar surface area (TPSA) is 59.1 Å². The largest absolute Gasteiger partial charge is 0.497 e. The zero-order chi connectivity index (χ0) is 21.0.